The molecule has 1 N–H and O–H groups in total. The summed E-state index contributed by atoms with van der Waals surface area (Å²) < 4.78 is 13.3. The van der Waals surface area contributed by atoms with E-state index in [4.69, 9.17) is 0 Å². The number of benzene rings is 2. The molecule has 0 aliphatic rings. The standard InChI is InChI=1S/C17H19FN4O2/c1-19-17(21(2)12-14-6-3-7-15(18)9-14)20-11-13-5-4-8-16(10-13)22(23)24/h3-10H,11-12H2,1-2H3,(H,19,20). The summed E-state index contributed by atoms with van der Waals surface area (Å²) in [7, 11) is 3.49. The lowest BCUT2D eigenvalue weighted by atomic mass is 10.2. The van der Waals surface area contributed by atoms with E-state index in [0.717, 1.165) is 11.1 Å². The minimum Gasteiger partial charge on any atom is -0.352 e. The van der Waals surface area contributed by atoms with Gasteiger partial charge in [0.2, 0.25) is 0 Å². The van der Waals surface area contributed by atoms with Crippen LogP contribution in [0.15, 0.2) is 53.5 Å². The molecule has 0 aromatic heterocycles. The Balaban J connectivity index is 1.99. The molecule has 7 heteroatoms. The van der Waals surface area contributed by atoms with Crippen LogP contribution in [0.25, 0.3) is 0 Å². The molecule has 0 aliphatic heterocycles. The van der Waals surface area contributed by atoms with Crippen LogP contribution in [0.2, 0.25) is 0 Å². The molecule has 126 valence electrons. The van der Waals surface area contributed by atoms with Crippen LogP contribution >= 0.6 is 0 Å². The number of halogens is 1. The molecule has 2 rings (SSSR count). The maximum atomic E-state index is 13.3. The van der Waals surface area contributed by atoms with E-state index < -0.39 is 4.92 Å². The second kappa shape index (κ2) is 8.05. The summed E-state index contributed by atoms with van der Waals surface area (Å²) in [5.74, 6) is 0.339. The minimum absolute atomic E-state index is 0.0532. The molecule has 0 radical (unpaired) electrons. The van der Waals surface area contributed by atoms with Crippen molar-refractivity contribution in [3.05, 3.63) is 75.6 Å². The lowest BCUT2D eigenvalue weighted by Gasteiger charge is -2.22. The van der Waals surface area contributed by atoms with Crippen molar-refractivity contribution in [2.24, 2.45) is 4.99 Å². The van der Waals surface area contributed by atoms with Gasteiger partial charge in [-0.2, -0.15) is 0 Å². The molecule has 24 heavy (non-hydrogen) atoms. The Morgan fingerprint density at radius 3 is 2.62 bits per heavy atom. The molecular formula is C17H19FN4O2. The quantitative estimate of drug-likeness (QED) is 0.396. The van der Waals surface area contributed by atoms with Crippen LogP contribution < -0.4 is 5.32 Å². The molecule has 0 unspecified atom stereocenters. The fraction of sp³-hybridized carbons (Fsp3) is 0.235. The van der Waals surface area contributed by atoms with Gasteiger partial charge in [-0.05, 0) is 23.3 Å². The second-order valence-corrected chi connectivity index (χ2v) is 5.31. The first-order chi connectivity index (χ1) is 11.5. The number of hydrogen-bond acceptors (Lipinski definition) is 3. The summed E-state index contributed by atoms with van der Waals surface area (Å²) >= 11 is 0. The highest BCUT2D eigenvalue weighted by Gasteiger charge is 2.09. The third-order valence-electron chi connectivity index (χ3n) is 3.45. The number of nitrogens with one attached hydrogen (secondary N) is 1. The van der Waals surface area contributed by atoms with Gasteiger partial charge >= 0.3 is 0 Å². The van der Waals surface area contributed by atoms with Gasteiger partial charge in [0.05, 0.1) is 4.92 Å². The van der Waals surface area contributed by atoms with E-state index in [0.29, 0.717) is 19.0 Å². The van der Waals surface area contributed by atoms with Gasteiger partial charge < -0.3 is 10.2 Å². The molecular weight excluding hydrogens is 311 g/mol. The van der Waals surface area contributed by atoms with Crippen LogP contribution in [-0.2, 0) is 13.1 Å². The molecule has 0 heterocycles. The van der Waals surface area contributed by atoms with Gasteiger partial charge in [0, 0.05) is 39.3 Å². The van der Waals surface area contributed by atoms with Crippen LogP contribution in [0.5, 0.6) is 0 Å². The van der Waals surface area contributed by atoms with E-state index >= 15 is 0 Å². The van der Waals surface area contributed by atoms with Gasteiger partial charge in [0.1, 0.15) is 5.82 Å². The Hall–Kier alpha value is -2.96. The lowest BCUT2D eigenvalue weighted by Crippen LogP contribution is -2.38. The van der Waals surface area contributed by atoms with Crippen molar-refractivity contribution in [2.75, 3.05) is 14.1 Å². The zero-order valence-electron chi connectivity index (χ0n) is 13.6. The molecule has 0 atom stereocenters. The Bertz CT molecular complexity index is 749. The highest BCUT2D eigenvalue weighted by molar-refractivity contribution is 5.79. The van der Waals surface area contributed by atoms with Gasteiger partial charge in [-0.1, -0.05) is 24.3 Å². The van der Waals surface area contributed by atoms with E-state index in [-0.39, 0.29) is 11.5 Å². The number of nitro groups is 1. The summed E-state index contributed by atoms with van der Waals surface area (Å²) in [6, 6.07) is 12.8. The van der Waals surface area contributed by atoms with Crippen LogP contribution in [0.1, 0.15) is 11.1 Å². The van der Waals surface area contributed by atoms with Crippen molar-refractivity contribution in [2.45, 2.75) is 13.1 Å². The summed E-state index contributed by atoms with van der Waals surface area (Å²) in [6.07, 6.45) is 0. The molecule has 0 bridgehead atoms. The maximum absolute atomic E-state index is 13.3. The average Bonchev–Trinajstić information content (AvgIpc) is 2.55. The topological polar surface area (TPSA) is 70.8 Å². The number of rotatable bonds is 5. The Kier molecular flexibility index (Phi) is 5.83. The zero-order valence-corrected chi connectivity index (χ0v) is 13.6. The van der Waals surface area contributed by atoms with Gasteiger partial charge in [-0.15, -0.1) is 0 Å². The first-order valence-electron chi connectivity index (χ1n) is 7.39. The molecule has 0 amide bonds. The Morgan fingerprint density at radius 1 is 1.25 bits per heavy atom. The van der Waals surface area contributed by atoms with E-state index in [2.05, 4.69) is 10.3 Å². The fourth-order valence-electron chi connectivity index (χ4n) is 2.33. The number of aliphatic imine (C=N–C) groups is 1. The molecule has 0 spiro atoms. The Morgan fingerprint density at radius 2 is 1.96 bits per heavy atom. The molecule has 0 saturated carbocycles. The van der Waals surface area contributed by atoms with Crippen molar-refractivity contribution in [1.82, 2.24) is 10.2 Å². The van der Waals surface area contributed by atoms with E-state index in [1.807, 2.05) is 18.0 Å². The average molecular weight is 330 g/mol. The summed E-state index contributed by atoms with van der Waals surface area (Å²) in [6.45, 7) is 0.897. The highest BCUT2D eigenvalue weighted by atomic mass is 19.1. The number of non-ortho nitro benzene ring substituents is 1. The van der Waals surface area contributed by atoms with Gasteiger partial charge in [0.15, 0.2) is 5.96 Å². The van der Waals surface area contributed by atoms with Crippen molar-refractivity contribution in [3.8, 4) is 0 Å². The van der Waals surface area contributed by atoms with E-state index in [9.17, 15) is 14.5 Å². The molecule has 2 aromatic carbocycles. The summed E-state index contributed by atoms with van der Waals surface area (Å²) in [5, 5.41) is 14.0. The van der Waals surface area contributed by atoms with Crippen LogP contribution in [-0.4, -0.2) is 29.9 Å². The number of guanidine groups is 1. The molecule has 2 aromatic rings. The first kappa shape index (κ1) is 17.4. The smallest absolute Gasteiger partial charge is 0.269 e. The van der Waals surface area contributed by atoms with Crippen molar-refractivity contribution < 1.29 is 9.31 Å². The largest absolute Gasteiger partial charge is 0.352 e. The third-order valence-corrected chi connectivity index (χ3v) is 3.45. The molecule has 0 fully saturated rings. The zero-order chi connectivity index (χ0) is 17.5. The van der Waals surface area contributed by atoms with Crippen molar-refractivity contribution in [3.63, 3.8) is 0 Å². The van der Waals surface area contributed by atoms with E-state index in [1.165, 1.54) is 24.3 Å². The normalized spacial score (nSPS) is 11.2. The molecule has 0 aliphatic carbocycles. The highest BCUT2D eigenvalue weighted by Crippen LogP contribution is 2.13. The fourth-order valence-corrected chi connectivity index (χ4v) is 2.33. The lowest BCUT2D eigenvalue weighted by molar-refractivity contribution is -0.384. The van der Waals surface area contributed by atoms with Gasteiger partial charge in [-0.3, -0.25) is 15.1 Å². The minimum atomic E-state index is -0.422. The number of nitro benzene ring substituents is 1. The summed E-state index contributed by atoms with van der Waals surface area (Å²) in [5.41, 5.74) is 1.66. The second-order valence-electron chi connectivity index (χ2n) is 5.31. The Labute approximate surface area is 139 Å². The van der Waals surface area contributed by atoms with Gasteiger partial charge in [-0.25, -0.2) is 4.39 Å². The molecule has 6 nitrogen and oxygen atoms in total. The monoisotopic (exact) mass is 330 g/mol. The van der Waals surface area contributed by atoms with Crippen LogP contribution in [0.4, 0.5) is 10.1 Å². The first-order valence-corrected chi connectivity index (χ1v) is 7.39. The van der Waals surface area contributed by atoms with Crippen LogP contribution in [0, 0.1) is 15.9 Å². The third kappa shape index (κ3) is 4.77. The number of hydrogen-bond donors (Lipinski definition) is 1. The SMILES string of the molecule is CN=C(NCc1cccc([N+](=O)[O-])c1)N(C)Cc1cccc(F)c1. The predicted octanol–water partition coefficient (Wildman–Crippen LogP) is 2.94. The van der Waals surface area contributed by atoms with Crippen molar-refractivity contribution in [1.29, 1.82) is 0 Å². The van der Waals surface area contributed by atoms with E-state index in [1.54, 1.807) is 25.2 Å². The molecule has 0 saturated heterocycles. The summed E-state index contributed by atoms with van der Waals surface area (Å²) in [4.78, 5) is 16.4. The number of nitrogens with zero attached hydrogens (tertiary/aromatic N) is 3. The van der Waals surface area contributed by atoms with Crippen LogP contribution in [0.3, 0.4) is 0 Å². The maximum Gasteiger partial charge on any atom is 0.269 e. The van der Waals surface area contributed by atoms with Gasteiger partial charge in [0.25, 0.3) is 5.69 Å². The van der Waals surface area contributed by atoms with Crippen molar-refractivity contribution >= 4 is 11.6 Å². The predicted molar refractivity (Wildman–Crippen MR) is 91.2 cm³/mol.